The van der Waals surface area contributed by atoms with Gasteiger partial charge >= 0.3 is 31.8 Å². The summed E-state index contributed by atoms with van der Waals surface area (Å²) < 4.78 is 45.0. The maximum Gasteiger partial charge on any atom is 0.510 e. The molecule has 1 atom stereocenters. The van der Waals surface area contributed by atoms with E-state index in [-0.39, 0.29) is 12.4 Å². The van der Waals surface area contributed by atoms with Gasteiger partial charge in [0.2, 0.25) is 13.6 Å². The number of nitrogens with two attached hydrogens (primary N) is 1. The van der Waals surface area contributed by atoms with Crippen LogP contribution >= 0.6 is 7.60 Å². The van der Waals surface area contributed by atoms with Crippen LogP contribution in [0, 0.1) is 0 Å². The molecule has 0 aliphatic rings. The average molecular weight is 635 g/mol. The predicted octanol–water partition coefficient (Wildman–Crippen LogP) is 2.28. The third-order valence-corrected chi connectivity index (χ3v) is 6.23. The van der Waals surface area contributed by atoms with Crippen LogP contribution in [0.3, 0.4) is 0 Å². The lowest BCUT2D eigenvalue weighted by Gasteiger charge is -2.21. The van der Waals surface area contributed by atoms with Crippen molar-refractivity contribution in [1.82, 2.24) is 24.4 Å². The number of carboxylic acids is 2. The molecule has 0 bridgehead atoms. The van der Waals surface area contributed by atoms with Gasteiger partial charge in [0.05, 0.1) is 19.0 Å². The molecule has 2 aromatic heterocycles. The summed E-state index contributed by atoms with van der Waals surface area (Å²) in [5.74, 6) is -2.27. The van der Waals surface area contributed by atoms with Crippen LogP contribution in [-0.2, 0) is 48.7 Å². The minimum Gasteiger partial charge on any atom is -0.478 e. The van der Waals surface area contributed by atoms with Gasteiger partial charge in [0.25, 0.3) is 0 Å². The fraction of sp³-hybridized carbons (Fsp3) is 0.522. The minimum atomic E-state index is -4.00. The maximum absolute atomic E-state index is 13.1. The zero-order valence-electron chi connectivity index (χ0n) is 24.0. The van der Waals surface area contributed by atoms with Crippen molar-refractivity contribution in [1.29, 1.82) is 0 Å². The molecule has 0 aliphatic carbocycles. The lowest BCUT2D eigenvalue weighted by molar-refractivity contribution is -0.134. The van der Waals surface area contributed by atoms with Crippen LogP contribution in [0.15, 0.2) is 24.8 Å². The molecule has 240 valence electrons. The SMILES string of the molecule is CCN(CC)C(=O)OCOP(=O)(COCCn1cnc2c(N)ncnc21)OCOC(=O)OC(C)C.O=C(O)/C=C/C(=O)O. The van der Waals surface area contributed by atoms with Gasteiger partial charge < -0.3 is 44.4 Å². The van der Waals surface area contributed by atoms with E-state index in [4.69, 9.17) is 43.9 Å². The van der Waals surface area contributed by atoms with Gasteiger partial charge in [0, 0.05) is 31.8 Å². The van der Waals surface area contributed by atoms with Crippen LogP contribution in [0.5, 0.6) is 0 Å². The van der Waals surface area contributed by atoms with Crippen molar-refractivity contribution in [2.45, 2.75) is 40.3 Å². The number of anilines is 1. The van der Waals surface area contributed by atoms with E-state index in [9.17, 15) is 23.7 Å². The zero-order valence-corrected chi connectivity index (χ0v) is 24.9. The van der Waals surface area contributed by atoms with Gasteiger partial charge in [-0.1, -0.05) is 0 Å². The Balaban J connectivity index is 0.00000101. The topological polar surface area (TPSA) is 254 Å². The van der Waals surface area contributed by atoms with Gasteiger partial charge in [-0.05, 0) is 27.7 Å². The Morgan fingerprint density at radius 3 is 2.19 bits per heavy atom. The van der Waals surface area contributed by atoms with E-state index in [2.05, 4.69) is 15.0 Å². The molecule has 0 aliphatic heterocycles. The highest BCUT2D eigenvalue weighted by atomic mass is 31.2. The Morgan fingerprint density at radius 1 is 1.02 bits per heavy atom. The number of hydrogen-bond acceptors (Lipinski definition) is 15. The second-order valence-corrected chi connectivity index (χ2v) is 10.2. The first-order valence-electron chi connectivity index (χ1n) is 12.6. The van der Waals surface area contributed by atoms with E-state index in [1.54, 1.807) is 32.3 Å². The quantitative estimate of drug-likeness (QED) is 0.0786. The first-order valence-corrected chi connectivity index (χ1v) is 14.3. The van der Waals surface area contributed by atoms with Crippen LogP contribution in [0.2, 0.25) is 0 Å². The van der Waals surface area contributed by atoms with Crippen LogP contribution in [0.4, 0.5) is 15.4 Å². The zero-order chi connectivity index (χ0) is 32.4. The summed E-state index contributed by atoms with van der Waals surface area (Å²) in [4.78, 5) is 56.2. The number of nitrogen functional groups attached to an aromatic ring is 1. The highest BCUT2D eigenvalue weighted by molar-refractivity contribution is 7.53. The summed E-state index contributed by atoms with van der Waals surface area (Å²) in [6.45, 7) is 6.68. The van der Waals surface area contributed by atoms with Gasteiger partial charge in [0.15, 0.2) is 11.5 Å². The molecule has 0 saturated heterocycles. The Kier molecular flexibility index (Phi) is 16.2. The number of carbonyl (C=O) groups excluding carboxylic acids is 2. The lowest BCUT2D eigenvalue weighted by Crippen LogP contribution is -2.31. The molecule has 4 N–H and O–H groups in total. The van der Waals surface area contributed by atoms with Crippen molar-refractivity contribution >= 4 is 48.8 Å². The molecular weight excluding hydrogens is 599 g/mol. The van der Waals surface area contributed by atoms with Crippen LogP contribution in [0.1, 0.15) is 27.7 Å². The Labute approximate surface area is 246 Å². The summed E-state index contributed by atoms with van der Waals surface area (Å²) in [7, 11) is -4.00. The number of carbonyl (C=O) groups is 4. The van der Waals surface area contributed by atoms with Gasteiger partial charge in [0.1, 0.15) is 18.2 Å². The molecule has 2 aromatic rings. The predicted molar refractivity (Wildman–Crippen MR) is 147 cm³/mol. The van der Waals surface area contributed by atoms with E-state index in [0.29, 0.717) is 43.0 Å². The number of hydrogen-bond donors (Lipinski definition) is 3. The molecule has 19 nitrogen and oxygen atoms in total. The Hall–Kier alpha value is -4.32. The third kappa shape index (κ3) is 14.4. The van der Waals surface area contributed by atoms with Crippen molar-refractivity contribution in [2.75, 3.05) is 45.4 Å². The highest BCUT2D eigenvalue weighted by Gasteiger charge is 2.28. The van der Waals surface area contributed by atoms with Crippen molar-refractivity contribution in [3.8, 4) is 0 Å². The number of amides is 1. The smallest absolute Gasteiger partial charge is 0.478 e. The fourth-order valence-corrected chi connectivity index (χ4v) is 3.77. The Bertz CT molecular complexity index is 1270. The average Bonchev–Trinajstić information content (AvgIpc) is 3.35. The van der Waals surface area contributed by atoms with Crippen molar-refractivity contribution in [3.63, 3.8) is 0 Å². The molecule has 0 radical (unpaired) electrons. The molecule has 2 rings (SSSR count). The maximum atomic E-state index is 13.1. The van der Waals surface area contributed by atoms with Gasteiger partial charge in [-0.15, -0.1) is 0 Å². The highest BCUT2D eigenvalue weighted by Crippen LogP contribution is 2.48. The second kappa shape index (κ2) is 19.0. The van der Waals surface area contributed by atoms with Gasteiger partial charge in [-0.25, -0.2) is 34.1 Å². The van der Waals surface area contributed by atoms with E-state index in [1.165, 1.54) is 17.6 Å². The van der Waals surface area contributed by atoms with E-state index >= 15 is 0 Å². The number of rotatable bonds is 16. The molecule has 0 fully saturated rings. The molecule has 43 heavy (non-hydrogen) atoms. The molecule has 1 unspecified atom stereocenters. The number of fused-ring (bicyclic) bond motifs is 1. The van der Waals surface area contributed by atoms with E-state index in [0.717, 1.165) is 0 Å². The molecule has 2 heterocycles. The summed E-state index contributed by atoms with van der Waals surface area (Å²) in [6.07, 6.45) is 1.38. The summed E-state index contributed by atoms with van der Waals surface area (Å²) in [6, 6.07) is 0. The first-order chi connectivity index (χ1) is 20.3. The second-order valence-electron chi connectivity index (χ2n) is 8.16. The number of aromatic nitrogens is 4. The van der Waals surface area contributed by atoms with Crippen molar-refractivity contribution in [2.24, 2.45) is 0 Å². The lowest BCUT2D eigenvalue weighted by atomic mass is 10.5. The summed E-state index contributed by atoms with van der Waals surface area (Å²) in [5, 5.41) is 15.6. The van der Waals surface area contributed by atoms with Gasteiger partial charge in [-0.3, -0.25) is 13.6 Å². The van der Waals surface area contributed by atoms with Gasteiger partial charge in [-0.2, -0.15) is 0 Å². The number of ether oxygens (including phenoxy) is 4. The molecule has 0 spiro atoms. The third-order valence-electron chi connectivity index (χ3n) is 4.74. The van der Waals surface area contributed by atoms with E-state index < -0.39 is 57.8 Å². The van der Waals surface area contributed by atoms with Crippen molar-refractivity contribution < 1.29 is 62.0 Å². The largest absolute Gasteiger partial charge is 0.510 e. The van der Waals surface area contributed by atoms with Crippen LogP contribution < -0.4 is 5.73 Å². The van der Waals surface area contributed by atoms with Crippen LogP contribution in [-0.4, -0.2) is 105 Å². The number of nitrogens with zero attached hydrogens (tertiary/aromatic N) is 5. The minimum absolute atomic E-state index is 0.0710. The molecule has 0 saturated carbocycles. The standard InChI is InChI=1S/C19H31N6O9P.C4H4O4/c1-5-24(6-2)18(26)30-11-32-35(28,33-12-31-19(27)34-14(3)4)13-29-8-7-25-10-23-15-16(20)21-9-22-17(15)25;5-3(6)1-2-4(7)8/h9-10,14H,5-8,11-13H2,1-4H3,(H2,20,21,22);1-2H,(H,5,6)(H,7,8)/b;2-1+. The molecular formula is C23H35N6O13P. The fourth-order valence-electron chi connectivity index (χ4n) is 2.77. The number of aliphatic carboxylic acids is 2. The number of imidazole rings is 1. The number of carboxylic acid groups (broad SMARTS) is 2. The van der Waals surface area contributed by atoms with Crippen molar-refractivity contribution in [3.05, 3.63) is 24.8 Å². The Morgan fingerprint density at radius 2 is 1.63 bits per heavy atom. The first kappa shape index (κ1) is 36.7. The van der Waals surface area contributed by atoms with Crippen LogP contribution in [0.25, 0.3) is 11.2 Å². The summed E-state index contributed by atoms with van der Waals surface area (Å²) >= 11 is 0. The molecule has 0 aromatic carbocycles. The molecule has 1 amide bonds. The van der Waals surface area contributed by atoms with E-state index in [1.807, 2.05) is 0 Å². The normalized spacial score (nSPS) is 12.3. The molecule has 20 heteroatoms. The monoisotopic (exact) mass is 634 g/mol. The summed E-state index contributed by atoms with van der Waals surface area (Å²) in [5.41, 5.74) is 6.73.